The third-order valence-electron chi connectivity index (χ3n) is 4.06. The SMILES string of the molecule is CCSc1cccc(C(=O)N(CC[NH+](C)C)c2nc3c(F)cccc3s2)c1. The number of quaternary nitrogens is 1. The highest BCUT2D eigenvalue weighted by Crippen LogP contribution is 2.31. The lowest BCUT2D eigenvalue weighted by Gasteiger charge is -2.21. The minimum atomic E-state index is -0.359. The minimum Gasteiger partial charge on any atom is -0.338 e. The van der Waals surface area contributed by atoms with Crippen LogP contribution in [0.25, 0.3) is 10.2 Å². The zero-order valence-electron chi connectivity index (χ0n) is 15.7. The van der Waals surface area contributed by atoms with Crippen molar-refractivity contribution in [2.75, 3.05) is 37.8 Å². The number of anilines is 1. The number of amides is 1. The van der Waals surface area contributed by atoms with Gasteiger partial charge in [-0.2, -0.15) is 0 Å². The van der Waals surface area contributed by atoms with Crippen LogP contribution < -0.4 is 9.80 Å². The molecule has 0 radical (unpaired) electrons. The van der Waals surface area contributed by atoms with Crippen LogP contribution in [0.1, 0.15) is 17.3 Å². The normalized spacial score (nSPS) is 11.3. The van der Waals surface area contributed by atoms with E-state index in [0.29, 0.717) is 22.8 Å². The first-order valence-electron chi connectivity index (χ1n) is 8.88. The molecule has 27 heavy (non-hydrogen) atoms. The molecule has 0 saturated carbocycles. The Hall–Kier alpha value is -1.96. The summed E-state index contributed by atoms with van der Waals surface area (Å²) < 4.78 is 14.8. The number of carbonyl (C=O) groups excluding carboxylic acids is 1. The summed E-state index contributed by atoms with van der Waals surface area (Å²) in [6, 6.07) is 12.5. The lowest BCUT2D eigenvalue weighted by atomic mass is 10.2. The highest BCUT2D eigenvalue weighted by Gasteiger charge is 2.23. The molecule has 4 nitrogen and oxygen atoms in total. The molecule has 3 aromatic rings. The van der Waals surface area contributed by atoms with Crippen molar-refractivity contribution in [1.29, 1.82) is 0 Å². The summed E-state index contributed by atoms with van der Waals surface area (Å²) in [5.41, 5.74) is 0.949. The third-order valence-corrected chi connectivity index (χ3v) is 5.98. The smallest absolute Gasteiger partial charge is 0.260 e. The average molecular weight is 405 g/mol. The maximum Gasteiger partial charge on any atom is 0.260 e. The molecule has 0 saturated heterocycles. The van der Waals surface area contributed by atoms with E-state index in [1.165, 1.54) is 22.3 Å². The quantitative estimate of drug-likeness (QED) is 0.614. The van der Waals surface area contributed by atoms with Gasteiger partial charge in [0.1, 0.15) is 11.3 Å². The monoisotopic (exact) mass is 404 g/mol. The Kier molecular flexibility index (Phi) is 6.46. The number of aromatic nitrogens is 1. The van der Waals surface area contributed by atoms with Gasteiger partial charge in [0.25, 0.3) is 5.91 Å². The summed E-state index contributed by atoms with van der Waals surface area (Å²) in [6.07, 6.45) is 0. The van der Waals surface area contributed by atoms with Gasteiger partial charge in [-0.1, -0.05) is 30.4 Å². The first-order chi connectivity index (χ1) is 13.0. The molecule has 1 aromatic heterocycles. The molecule has 1 amide bonds. The maximum atomic E-state index is 14.1. The van der Waals surface area contributed by atoms with Gasteiger partial charge in [0.2, 0.25) is 0 Å². The summed E-state index contributed by atoms with van der Waals surface area (Å²) in [6.45, 7) is 3.38. The topological polar surface area (TPSA) is 37.6 Å². The molecule has 0 bridgehead atoms. The molecule has 7 heteroatoms. The van der Waals surface area contributed by atoms with Crippen LogP contribution in [-0.4, -0.2) is 43.8 Å². The summed E-state index contributed by atoms with van der Waals surface area (Å²) >= 11 is 3.05. The molecule has 142 valence electrons. The lowest BCUT2D eigenvalue weighted by Crippen LogP contribution is -3.06. The second kappa shape index (κ2) is 8.82. The van der Waals surface area contributed by atoms with Crippen molar-refractivity contribution in [2.45, 2.75) is 11.8 Å². The first-order valence-corrected chi connectivity index (χ1v) is 10.7. The molecule has 0 atom stereocenters. The number of thiazole rings is 1. The van der Waals surface area contributed by atoms with Crippen molar-refractivity contribution < 1.29 is 14.1 Å². The number of nitrogens with zero attached hydrogens (tertiary/aromatic N) is 2. The van der Waals surface area contributed by atoms with Crippen molar-refractivity contribution in [3.05, 3.63) is 53.8 Å². The Balaban J connectivity index is 1.98. The predicted molar refractivity (Wildman–Crippen MR) is 112 cm³/mol. The fraction of sp³-hybridized carbons (Fsp3) is 0.300. The molecule has 2 aromatic carbocycles. The largest absolute Gasteiger partial charge is 0.338 e. The summed E-state index contributed by atoms with van der Waals surface area (Å²) in [5.74, 6) is 0.485. The number of benzene rings is 2. The third kappa shape index (κ3) is 4.66. The molecule has 0 aliphatic heterocycles. The standard InChI is InChI=1S/C20H22FN3OS2/c1-4-26-15-8-5-7-14(13-15)19(25)24(12-11-23(2)3)20-22-18-16(21)9-6-10-17(18)27-20/h5-10,13H,4,11-12H2,1-3H3/p+1. The van der Waals surface area contributed by atoms with Crippen LogP contribution in [0.4, 0.5) is 9.52 Å². The Bertz CT molecular complexity index is 942. The van der Waals surface area contributed by atoms with Crippen molar-refractivity contribution in [3.63, 3.8) is 0 Å². The number of carbonyl (C=O) groups is 1. The van der Waals surface area contributed by atoms with E-state index in [1.807, 2.05) is 44.4 Å². The fourth-order valence-electron chi connectivity index (χ4n) is 2.68. The van der Waals surface area contributed by atoms with E-state index >= 15 is 0 Å². The first kappa shape index (κ1) is 19.8. The molecule has 0 aliphatic carbocycles. The van der Waals surface area contributed by atoms with Crippen LogP contribution in [0, 0.1) is 5.82 Å². The molecule has 0 spiro atoms. The number of rotatable bonds is 7. The summed E-state index contributed by atoms with van der Waals surface area (Å²) in [5, 5.41) is 0.537. The van der Waals surface area contributed by atoms with Gasteiger partial charge in [0, 0.05) is 10.5 Å². The zero-order valence-corrected chi connectivity index (χ0v) is 17.3. The van der Waals surface area contributed by atoms with E-state index in [1.54, 1.807) is 22.7 Å². The number of nitrogens with one attached hydrogen (secondary N) is 1. The van der Waals surface area contributed by atoms with Crippen LogP contribution in [-0.2, 0) is 0 Å². The molecule has 0 fully saturated rings. The van der Waals surface area contributed by atoms with E-state index < -0.39 is 0 Å². The molecule has 3 rings (SSSR count). The van der Waals surface area contributed by atoms with Crippen molar-refractivity contribution in [1.82, 2.24) is 4.98 Å². The molecule has 1 N–H and O–H groups in total. The van der Waals surface area contributed by atoms with Gasteiger partial charge in [-0.25, -0.2) is 9.37 Å². The second-order valence-corrected chi connectivity index (χ2v) is 8.80. The van der Waals surface area contributed by atoms with Crippen molar-refractivity contribution in [2.24, 2.45) is 0 Å². The molecular weight excluding hydrogens is 381 g/mol. The van der Waals surface area contributed by atoms with Crippen LogP contribution in [0.15, 0.2) is 47.4 Å². The number of halogens is 1. The zero-order chi connectivity index (χ0) is 19.4. The van der Waals surface area contributed by atoms with E-state index in [2.05, 4.69) is 11.9 Å². The van der Waals surface area contributed by atoms with E-state index in [-0.39, 0.29) is 11.7 Å². The van der Waals surface area contributed by atoms with Crippen LogP contribution >= 0.6 is 23.1 Å². The van der Waals surface area contributed by atoms with Crippen LogP contribution in [0.5, 0.6) is 0 Å². The lowest BCUT2D eigenvalue weighted by molar-refractivity contribution is -0.856. The van der Waals surface area contributed by atoms with E-state index in [9.17, 15) is 9.18 Å². The molecular formula is C20H23FN3OS2+. The Morgan fingerprint density at radius 2 is 2.04 bits per heavy atom. The van der Waals surface area contributed by atoms with Crippen LogP contribution in [0.2, 0.25) is 0 Å². The number of thioether (sulfide) groups is 1. The number of hydrogen-bond acceptors (Lipinski definition) is 4. The van der Waals surface area contributed by atoms with Gasteiger partial charge in [-0.15, -0.1) is 11.8 Å². The van der Waals surface area contributed by atoms with Gasteiger partial charge in [0.05, 0.1) is 31.9 Å². The molecule has 0 aliphatic rings. The van der Waals surface area contributed by atoms with Gasteiger partial charge in [-0.05, 0) is 36.1 Å². The predicted octanol–water partition coefficient (Wildman–Crippen LogP) is 3.34. The Morgan fingerprint density at radius 1 is 1.26 bits per heavy atom. The number of para-hydroxylation sites is 1. The minimum absolute atomic E-state index is 0.103. The maximum absolute atomic E-state index is 14.1. The highest BCUT2D eigenvalue weighted by molar-refractivity contribution is 7.99. The van der Waals surface area contributed by atoms with Crippen molar-refractivity contribution >= 4 is 44.4 Å². The fourth-order valence-corrected chi connectivity index (χ4v) is 4.40. The number of likely N-dealkylation sites (N-methyl/N-ethyl adjacent to an activating group) is 1. The molecule has 1 heterocycles. The molecule has 0 unspecified atom stereocenters. The Labute approximate surface area is 167 Å². The summed E-state index contributed by atoms with van der Waals surface area (Å²) in [4.78, 5) is 21.7. The van der Waals surface area contributed by atoms with Crippen LogP contribution in [0.3, 0.4) is 0 Å². The van der Waals surface area contributed by atoms with Gasteiger partial charge in [-0.3, -0.25) is 9.69 Å². The Morgan fingerprint density at radius 3 is 2.74 bits per heavy atom. The highest BCUT2D eigenvalue weighted by atomic mass is 32.2. The summed E-state index contributed by atoms with van der Waals surface area (Å²) in [7, 11) is 4.08. The van der Waals surface area contributed by atoms with E-state index in [4.69, 9.17) is 0 Å². The van der Waals surface area contributed by atoms with Gasteiger partial charge < -0.3 is 4.90 Å². The van der Waals surface area contributed by atoms with E-state index in [0.717, 1.165) is 21.9 Å². The van der Waals surface area contributed by atoms with Gasteiger partial charge >= 0.3 is 0 Å². The second-order valence-electron chi connectivity index (χ2n) is 6.46. The van der Waals surface area contributed by atoms with Gasteiger partial charge in [0.15, 0.2) is 5.13 Å². The van der Waals surface area contributed by atoms with Crippen molar-refractivity contribution in [3.8, 4) is 0 Å². The number of fused-ring (bicyclic) bond motifs is 1. The average Bonchev–Trinajstić information content (AvgIpc) is 3.07. The number of hydrogen-bond donors (Lipinski definition) is 1.